The zero-order valence-electron chi connectivity index (χ0n) is 24.6. The fourth-order valence-corrected chi connectivity index (χ4v) is 2.50. The maximum Gasteiger partial charge on any atom is 0.313 e. The molecule has 0 aliphatic rings. The number of Topliss-reactive ketones (excluding diaryl/α,β-unsaturated/α-hetero) is 2. The molecule has 0 bridgehead atoms. The normalized spacial score (nSPS) is 9.41. The zero-order valence-corrected chi connectivity index (χ0v) is 26.2. The molecule has 11 heteroatoms. The van der Waals surface area contributed by atoms with Crippen LogP contribution in [-0.2, 0) is 50.4 Å². The van der Waals surface area contributed by atoms with Crippen molar-refractivity contribution in [1.82, 2.24) is 9.80 Å². The Morgan fingerprint density at radius 2 is 0.865 bits per heavy atom. The summed E-state index contributed by atoms with van der Waals surface area (Å²) in [5, 5.41) is 17.0. The molecule has 0 aliphatic heterocycles. The SMILES string of the molecule is CCN(CC)CCCO.CCN(CC)CCCO.CCOC(=O)CC(C)=O.CCOC(=O)CC(C)=O.[Ti]. The van der Waals surface area contributed by atoms with Gasteiger partial charge in [0.25, 0.3) is 0 Å². The van der Waals surface area contributed by atoms with E-state index in [0.29, 0.717) is 26.4 Å². The summed E-state index contributed by atoms with van der Waals surface area (Å²) in [6, 6.07) is 0. The molecule has 0 aromatic rings. The number of esters is 2. The average Bonchev–Trinajstić information content (AvgIpc) is 2.81. The fraction of sp³-hybridized carbons (Fsp3) is 0.846. The van der Waals surface area contributed by atoms with Gasteiger partial charge in [-0.2, -0.15) is 0 Å². The number of ether oxygens (including phenoxy) is 2. The van der Waals surface area contributed by atoms with Crippen LogP contribution in [0.2, 0.25) is 0 Å². The first kappa shape index (κ1) is 45.7. The van der Waals surface area contributed by atoms with Crippen molar-refractivity contribution < 1.29 is 60.6 Å². The number of ketones is 2. The first-order valence-corrected chi connectivity index (χ1v) is 13.0. The van der Waals surface area contributed by atoms with E-state index in [2.05, 4.69) is 47.0 Å². The number of aliphatic hydroxyl groups is 2. The number of carbonyl (C=O) groups excluding carboxylic acids is 4. The molecule has 0 aromatic heterocycles. The molecule has 0 aliphatic carbocycles. The predicted octanol–water partition coefficient (Wildman–Crippen LogP) is 2.48. The largest absolute Gasteiger partial charge is 0.466 e. The van der Waals surface area contributed by atoms with Crippen molar-refractivity contribution in [3.05, 3.63) is 0 Å². The van der Waals surface area contributed by atoms with Crippen LogP contribution in [0.5, 0.6) is 0 Å². The number of carbonyl (C=O) groups is 4. The summed E-state index contributed by atoms with van der Waals surface area (Å²) in [6.45, 7) is 22.4. The molecular formula is C26H54N2O8Ti. The van der Waals surface area contributed by atoms with Crippen molar-refractivity contribution in [2.45, 2.75) is 81.1 Å². The molecule has 220 valence electrons. The average molecular weight is 571 g/mol. The Kier molecular flexibility index (Phi) is 45.7. The summed E-state index contributed by atoms with van der Waals surface area (Å²) in [5.74, 6) is -1.20. The minimum Gasteiger partial charge on any atom is -0.466 e. The molecule has 0 unspecified atom stereocenters. The fourth-order valence-electron chi connectivity index (χ4n) is 2.50. The van der Waals surface area contributed by atoms with Gasteiger partial charge in [0.15, 0.2) is 0 Å². The quantitative estimate of drug-likeness (QED) is 0.162. The van der Waals surface area contributed by atoms with Crippen LogP contribution in [0.3, 0.4) is 0 Å². The molecule has 0 spiro atoms. The molecule has 0 fully saturated rings. The van der Waals surface area contributed by atoms with Crippen LogP contribution in [0.1, 0.15) is 81.1 Å². The second-order valence-electron chi connectivity index (χ2n) is 7.58. The molecule has 0 heterocycles. The van der Waals surface area contributed by atoms with Crippen LogP contribution in [0.25, 0.3) is 0 Å². The van der Waals surface area contributed by atoms with Crippen molar-refractivity contribution in [1.29, 1.82) is 0 Å². The molecular weight excluding hydrogens is 516 g/mol. The summed E-state index contributed by atoms with van der Waals surface area (Å²) in [5.41, 5.74) is 0. The summed E-state index contributed by atoms with van der Waals surface area (Å²) >= 11 is 0. The third-order valence-corrected chi connectivity index (χ3v) is 4.45. The minimum atomic E-state index is -0.440. The Hall–Kier alpha value is -1.17. The molecule has 0 saturated carbocycles. The van der Waals surface area contributed by atoms with Crippen molar-refractivity contribution in [3.8, 4) is 0 Å². The molecule has 10 nitrogen and oxygen atoms in total. The van der Waals surface area contributed by atoms with E-state index >= 15 is 0 Å². The van der Waals surface area contributed by atoms with E-state index in [1.165, 1.54) is 13.8 Å². The molecule has 0 rings (SSSR count). The van der Waals surface area contributed by atoms with Crippen LogP contribution in [0.4, 0.5) is 0 Å². The maximum atomic E-state index is 10.4. The Bertz CT molecular complexity index is 483. The van der Waals surface area contributed by atoms with E-state index in [9.17, 15) is 19.2 Å². The van der Waals surface area contributed by atoms with Crippen LogP contribution in [0, 0.1) is 0 Å². The summed E-state index contributed by atoms with van der Waals surface area (Å²) in [6.07, 6.45) is 1.60. The van der Waals surface area contributed by atoms with Crippen molar-refractivity contribution in [2.75, 3.05) is 65.7 Å². The molecule has 0 amide bonds. The van der Waals surface area contributed by atoms with Gasteiger partial charge in [0, 0.05) is 48.0 Å². The standard InChI is InChI=1S/2C7H17NO.2C6H10O3.Ti/c2*1-3-8(4-2)6-5-7-9;2*1-3-9-6(8)4-5(2)7;/h2*9H,3-7H2,1-2H3;2*3-4H2,1-2H3;. The summed E-state index contributed by atoms with van der Waals surface area (Å²) < 4.78 is 8.99. The Morgan fingerprint density at radius 3 is 1.03 bits per heavy atom. The zero-order chi connectivity index (χ0) is 28.8. The van der Waals surface area contributed by atoms with Crippen LogP contribution >= 0.6 is 0 Å². The van der Waals surface area contributed by atoms with E-state index in [-0.39, 0.29) is 46.1 Å². The Morgan fingerprint density at radius 1 is 0.595 bits per heavy atom. The van der Waals surface area contributed by atoms with E-state index in [1.54, 1.807) is 13.8 Å². The smallest absolute Gasteiger partial charge is 0.313 e. The van der Waals surface area contributed by atoms with Gasteiger partial charge >= 0.3 is 11.9 Å². The van der Waals surface area contributed by atoms with Crippen molar-refractivity contribution in [2.24, 2.45) is 0 Å². The van der Waals surface area contributed by atoms with Gasteiger partial charge in [-0.1, -0.05) is 27.7 Å². The van der Waals surface area contributed by atoms with E-state index < -0.39 is 11.9 Å². The minimum absolute atomic E-state index is 0. The number of rotatable bonds is 16. The first-order chi connectivity index (χ1) is 17.0. The first-order valence-electron chi connectivity index (χ1n) is 13.0. The number of hydrogen-bond donors (Lipinski definition) is 2. The van der Waals surface area contributed by atoms with Gasteiger partial charge in [0.05, 0.1) is 13.2 Å². The number of nitrogens with zero attached hydrogens (tertiary/aromatic N) is 2. The van der Waals surface area contributed by atoms with Gasteiger partial charge in [-0.15, -0.1) is 0 Å². The second kappa shape index (κ2) is 37.0. The van der Waals surface area contributed by atoms with Gasteiger partial charge in [-0.25, -0.2) is 0 Å². The van der Waals surface area contributed by atoms with Crippen LogP contribution in [-0.4, -0.2) is 109 Å². The van der Waals surface area contributed by atoms with Gasteiger partial charge in [-0.3, -0.25) is 19.2 Å². The maximum absolute atomic E-state index is 10.4. The number of aliphatic hydroxyl groups excluding tert-OH is 2. The Balaban J connectivity index is -0.000000122. The van der Waals surface area contributed by atoms with Gasteiger partial charge in [0.1, 0.15) is 24.4 Å². The number of hydrogen-bond acceptors (Lipinski definition) is 10. The van der Waals surface area contributed by atoms with Crippen LogP contribution < -0.4 is 0 Å². The molecule has 0 aromatic carbocycles. The Labute approximate surface area is 240 Å². The second-order valence-corrected chi connectivity index (χ2v) is 7.58. The van der Waals surface area contributed by atoms with Crippen molar-refractivity contribution >= 4 is 23.5 Å². The van der Waals surface area contributed by atoms with Crippen LogP contribution in [0.15, 0.2) is 0 Å². The summed E-state index contributed by atoms with van der Waals surface area (Å²) in [7, 11) is 0. The van der Waals surface area contributed by atoms with Gasteiger partial charge in [-0.05, 0) is 66.7 Å². The van der Waals surface area contributed by atoms with E-state index in [1.807, 2.05) is 0 Å². The van der Waals surface area contributed by atoms with Gasteiger partial charge in [0.2, 0.25) is 0 Å². The monoisotopic (exact) mass is 570 g/mol. The molecule has 2 N–H and O–H groups in total. The molecule has 0 saturated heterocycles. The van der Waals surface area contributed by atoms with E-state index in [0.717, 1.165) is 52.1 Å². The molecule has 37 heavy (non-hydrogen) atoms. The van der Waals surface area contributed by atoms with Crippen molar-refractivity contribution in [3.63, 3.8) is 0 Å². The topological polar surface area (TPSA) is 134 Å². The third kappa shape index (κ3) is 45.2. The summed E-state index contributed by atoms with van der Waals surface area (Å²) in [4.78, 5) is 45.9. The van der Waals surface area contributed by atoms with E-state index in [4.69, 9.17) is 10.2 Å². The third-order valence-electron chi connectivity index (χ3n) is 4.45. The van der Waals surface area contributed by atoms with Gasteiger partial charge < -0.3 is 29.5 Å². The molecule has 0 atom stereocenters. The predicted molar refractivity (Wildman–Crippen MR) is 143 cm³/mol. The molecule has 0 radical (unpaired) electrons.